The van der Waals surface area contributed by atoms with Crippen LogP contribution in [-0.4, -0.2) is 11.2 Å². The van der Waals surface area contributed by atoms with Crippen molar-refractivity contribution in [1.29, 1.82) is 0 Å². The fourth-order valence-electron chi connectivity index (χ4n) is 2.94. The molecule has 0 saturated carbocycles. The van der Waals surface area contributed by atoms with Crippen molar-refractivity contribution in [3.05, 3.63) is 120 Å². The predicted octanol–water partition coefficient (Wildman–Crippen LogP) is 4.88. The monoisotopic (exact) mass is 380 g/mol. The van der Waals surface area contributed by atoms with Crippen LogP contribution in [0.15, 0.2) is 114 Å². The molecular formula is C24H19N3P-. The summed E-state index contributed by atoms with van der Waals surface area (Å²) in [6.45, 7) is 0. The smallest absolute Gasteiger partial charge is 0.0338 e. The van der Waals surface area contributed by atoms with Crippen LogP contribution in [0.2, 0.25) is 0 Å². The summed E-state index contributed by atoms with van der Waals surface area (Å²) in [5, 5.41) is 8.17. The molecule has 0 spiro atoms. The van der Waals surface area contributed by atoms with Gasteiger partial charge in [-0.25, -0.2) is 0 Å². The van der Waals surface area contributed by atoms with E-state index in [1.165, 1.54) is 15.9 Å². The number of nitrogens with zero attached hydrogens (tertiary/aromatic N) is 3. The molecule has 4 heteroatoms. The van der Waals surface area contributed by atoms with Gasteiger partial charge in [0.05, 0.1) is 0 Å². The Labute approximate surface area is 166 Å². The molecule has 136 valence electrons. The summed E-state index contributed by atoms with van der Waals surface area (Å²) >= 11 is 0. The highest BCUT2D eigenvalue weighted by atomic mass is 31.1. The van der Waals surface area contributed by atoms with E-state index < -0.39 is 7.92 Å². The van der Waals surface area contributed by atoms with Gasteiger partial charge in [0, 0.05) is 11.8 Å². The van der Waals surface area contributed by atoms with Crippen molar-refractivity contribution in [3.8, 4) is 0 Å². The van der Waals surface area contributed by atoms with E-state index in [-0.39, 0.29) is 0 Å². The lowest BCUT2D eigenvalue weighted by Crippen LogP contribution is -2.23. The molecule has 0 bridgehead atoms. The van der Waals surface area contributed by atoms with Gasteiger partial charge in [0.15, 0.2) is 0 Å². The van der Waals surface area contributed by atoms with Crippen LogP contribution >= 0.6 is 7.92 Å². The molecule has 1 aromatic heterocycles. The molecule has 0 N–H and O–H groups in total. The van der Waals surface area contributed by atoms with Crippen LogP contribution < -0.4 is 15.9 Å². The molecule has 0 aliphatic rings. The first-order valence-electron chi connectivity index (χ1n) is 9.06. The molecule has 0 radical (unpaired) electrons. The first-order valence-corrected chi connectivity index (χ1v) is 10.4. The molecule has 0 aliphatic heterocycles. The van der Waals surface area contributed by atoms with Gasteiger partial charge in [0.2, 0.25) is 0 Å². The van der Waals surface area contributed by atoms with Gasteiger partial charge in [-0.05, 0) is 29.7 Å². The van der Waals surface area contributed by atoms with E-state index >= 15 is 0 Å². The Balaban J connectivity index is 1.71. The summed E-state index contributed by atoms with van der Waals surface area (Å²) in [5.41, 5.74) is 5.28. The van der Waals surface area contributed by atoms with Crippen LogP contribution in [0.4, 0.5) is 5.82 Å². The van der Waals surface area contributed by atoms with Gasteiger partial charge in [-0.2, -0.15) is 0 Å². The molecule has 0 aliphatic carbocycles. The summed E-state index contributed by atoms with van der Waals surface area (Å²) in [6.07, 6.45) is 3.54. The maximum absolute atomic E-state index is 4.29. The van der Waals surface area contributed by atoms with Crippen molar-refractivity contribution < 1.29 is 0 Å². The highest BCUT2D eigenvalue weighted by Crippen LogP contribution is 2.33. The molecule has 1 heterocycles. The minimum atomic E-state index is -0.686. The number of pyridine rings is 1. The molecule has 28 heavy (non-hydrogen) atoms. The first-order chi connectivity index (χ1) is 13.9. The Morgan fingerprint density at radius 2 is 1.29 bits per heavy atom. The fraction of sp³-hybridized carbons (Fsp3) is 0. The molecule has 4 rings (SSSR count). The van der Waals surface area contributed by atoms with E-state index in [4.69, 9.17) is 0 Å². The van der Waals surface area contributed by atoms with E-state index in [1.54, 1.807) is 6.20 Å². The summed E-state index contributed by atoms with van der Waals surface area (Å²) in [4.78, 5) is 4.19. The number of hydrogen-bond acceptors (Lipinski definition) is 2. The van der Waals surface area contributed by atoms with Gasteiger partial charge in [-0.15, -0.1) is 0 Å². The van der Waals surface area contributed by atoms with E-state index in [2.05, 4.69) is 94.4 Å². The lowest BCUT2D eigenvalue weighted by atomic mass is 10.2. The zero-order chi connectivity index (χ0) is 19.0. The third kappa shape index (κ3) is 4.33. The molecule has 0 amide bonds. The summed E-state index contributed by atoms with van der Waals surface area (Å²) in [6, 6.07) is 35.3. The van der Waals surface area contributed by atoms with Gasteiger partial charge >= 0.3 is 0 Å². The Morgan fingerprint density at radius 3 is 1.93 bits per heavy atom. The number of benzene rings is 3. The Bertz CT molecular complexity index is 995. The summed E-state index contributed by atoms with van der Waals surface area (Å²) in [7, 11) is -0.686. The Hall–Kier alpha value is -3.29. The van der Waals surface area contributed by atoms with Crippen molar-refractivity contribution >= 4 is 35.9 Å². The third-order valence-electron chi connectivity index (χ3n) is 4.21. The van der Waals surface area contributed by atoms with Crippen molar-refractivity contribution in [3.63, 3.8) is 0 Å². The van der Waals surface area contributed by atoms with Crippen molar-refractivity contribution in [2.24, 2.45) is 5.10 Å². The van der Waals surface area contributed by atoms with E-state index in [9.17, 15) is 0 Å². The number of hydrogen-bond donors (Lipinski definition) is 0. The third-order valence-corrected chi connectivity index (χ3v) is 6.73. The summed E-state index contributed by atoms with van der Waals surface area (Å²) < 4.78 is 0. The maximum Gasteiger partial charge on any atom is 0.0338 e. The fourth-order valence-corrected chi connectivity index (χ4v) is 5.37. The van der Waals surface area contributed by atoms with Gasteiger partial charge in [-0.1, -0.05) is 109 Å². The lowest BCUT2D eigenvalue weighted by molar-refractivity contribution is 1.29. The second-order valence-corrected chi connectivity index (χ2v) is 8.28. The van der Waals surface area contributed by atoms with Crippen molar-refractivity contribution in [2.75, 3.05) is 0 Å². The average Bonchev–Trinajstić information content (AvgIpc) is 2.77. The van der Waals surface area contributed by atoms with Gasteiger partial charge in [-0.3, -0.25) is 5.10 Å². The second-order valence-electron chi connectivity index (χ2n) is 6.10. The van der Waals surface area contributed by atoms with Crippen LogP contribution in [-0.2, 0) is 0 Å². The maximum atomic E-state index is 4.29. The number of rotatable bonds is 6. The minimum absolute atomic E-state index is 0.601. The predicted molar refractivity (Wildman–Crippen MR) is 120 cm³/mol. The molecular weight excluding hydrogens is 361 g/mol. The quantitative estimate of drug-likeness (QED) is 0.267. The lowest BCUT2D eigenvalue weighted by Gasteiger charge is -2.21. The molecule has 0 saturated heterocycles. The van der Waals surface area contributed by atoms with E-state index in [1.807, 2.05) is 30.5 Å². The van der Waals surface area contributed by atoms with Crippen LogP contribution in [0.3, 0.4) is 0 Å². The molecule has 3 nitrogen and oxygen atoms in total. The highest BCUT2D eigenvalue weighted by Gasteiger charge is 2.18. The molecule has 0 atom stereocenters. The van der Waals surface area contributed by atoms with Crippen molar-refractivity contribution in [2.45, 2.75) is 0 Å². The first kappa shape index (κ1) is 18.1. The molecule has 0 unspecified atom stereocenters. The van der Waals surface area contributed by atoms with Crippen LogP contribution in [0.25, 0.3) is 5.43 Å². The van der Waals surface area contributed by atoms with E-state index in [0.29, 0.717) is 5.82 Å². The number of aromatic nitrogens is 1. The zero-order valence-corrected chi connectivity index (χ0v) is 16.2. The minimum Gasteiger partial charge on any atom is -0.442 e. The standard InChI is InChI=1S/C24H19N3P/c1-3-12-21(13-4-1)28(22-14-5-2-6-15-22)23-16-8-7-11-20(23)19-26-27-24-17-9-10-18-25-24/h1-19H/q-1/b26-19+. The topological polar surface area (TPSA) is 39.4 Å². The average molecular weight is 380 g/mol. The largest absolute Gasteiger partial charge is 0.442 e. The van der Waals surface area contributed by atoms with Crippen molar-refractivity contribution in [1.82, 2.24) is 4.98 Å². The van der Waals surface area contributed by atoms with Gasteiger partial charge in [0.1, 0.15) is 0 Å². The van der Waals surface area contributed by atoms with Crippen LogP contribution in [0, 0.1) is 0 Å². The second kappa shape index (κ2) is 9.07. The molecule has 3 aromatic carbocycles. The normalized spacial score (nSPS) is 11.0. The Morgan fingerprint density at radius 1 is 0.679 bits per heavy atom. The van der Waals surface area contributed by atoms with Gasteiger partial charge < -0.3 is 10.4 Å². The van der Waals surface area contributed by atoms with Gasteiger partial charge in [0.25, 0.3) is 0 Å². The SMILES string of the molecule is C(=N\[N-]c1ccccn1)/c1ccccc1P(c1ccccc1)c1ccccc1. The van der Waals surface area contributed by atoms with Crippen LogP contribution in [0.1, 0.15) is 5.56 Å². The molecule has 0 fully saturated rings. The molecule has 4 aromatic rings. The zero-order valence-electron chi connectivity index (χ0n) is 15.3. The highest BCUT2D eigenvalue weighted by molar-refractivity contribution is 7.80. The van der Waals surface area contributed by atoms with E-state index in [0.717, 1.165) is 5.56 Å². The summed E-state index contributed by atoms with van der Waals surface area (Å²) in [5.74, 6) is 0.601. The Kier molecular flexibility index (Phi) is 5.86. The van der Waals surface area contributed by atoms with Crippen LogP contribution in [0.5, 0.6) is 0 Å².